The van der Waals surface area contributed by atoms with Crippen molar-refractivity contribution >= 4 is 35.4 Å². The number of carbonyl (C=O) groups excluding carboxylic acids is 4. The van der Waals surface area contributed by atoms with Gasteiger partial charge in [-0.1, -0.05) is 36.4 Å². The van der Waals surface area contributed by atoms with Crippen molar-refractivity contribution in [1.82, 2.24) is 40.8 Å². The minimum Gasteiger partial charge on any atom is -0.494 e. The van der Waals surface area contributed by atoms with Crippen molar-refractivity contribution in [1.29, 1.82) is 0 Å². The van der Waals surface area contributed by atoms with E-state index in [2.05, 4.69) is 40.8 Å². The van der Waals surface area contributed by atoms with Crippen molar-refractivity contribution in [2.75, 3.05) is 75.7 Å². The summed E-state index contributed by atoms with van der Waals surface area (Å²) >= 11 is 0. The van der Waals surface area contributed by atoms with Gasteiger partial charge in [-0.25, -0.2) is 19.2 Å². The predicted molar refractivity (Wildman–Crippen MR) is 274 cm³/mol. The maximum atomic E-state index is 13.8. The molecule has 74 heavy (non-hydrogen) atoms. The van der Waals surface area contributed by atoms with Crippen molar-refractivity contribution < 1.29 is 47.2 Å². The fraction of sp³-hybridized carbons (Fsp3) is 0.407. The number of likely N-dealkylation sites (tertiary alicyclic amines) is 2. The van der Waals surface area contributed by atoms with Crippen LogP contribution < -0.4 is 30.2 Å². The summed E-state index contributed by atoms with van der Waals surface area (Å²) < 4.78 is 23.4. The zero-order valence-corrected chi connectivity index (χ0v) is 41.6. The molecule has 0 radical (unpaired) electrons. The number of aryl methyl sites for hydroxylation is 2. The SMILES string of the molecule is O=C(ON(C(=O)NCCCN1CCCC1)c1ccc(-c2nnc(CCCCOc3ccccc3)o2)cc1)C(=O)ON(C(=O)NCCCN1CCCC1)c1ccc(-c2nnc(CCCCOc3ccccc3)o2)cc1. The van der Waals surface area contributed by atoms with Crippen LogP contribution in [0.15, 0.2) is 118 Å². The lowest BCUT2D eigenvalue weighted by Gasteiger charge is -2.24. The van der Waals surface area contributed by atoms with E-state index in [0.29, 0.717) is 71.9 Å². The maximum Gasteiger partial charge on any atom is 0.444 e. The van der Waals surface area contributed by atoms with Crippen LogP contribution in [0.4, 0.5) is 21.0 Å². The predicted octanol–water partition coefficient (Wildman–Crippen LogP) is 8.21. The van der Waals surface area contributed by atoms with Gasteiger partial charge in [0.25, 0.3) is 0 Å². The van der Waals surface area contributed by atoms with Gasteiger partial charge in [-0.05, 0) is 176 Å². The molecule has 6 aromatic rings. The second kappa shape index (κ2) is 27.8. The number of ether oxygens (including phenoxy) is 2. The minimum atomic E-state index is -1.56. The average Bonchev–Trinajstić information content (AvgIpc) is 4.31. The van der Waals surface area contributed by atoms with E-state index >= 15 is 0 Å². The Kier molecular flexibility index (Phi) is 19.7. The molecule has 4 aromatic carbocycles. The Morgan fingerprint density at radius 2 is 0.878 bits per heavy atom. The molecule has 0 saturated carbocycles. The van der Waals surface area contributed by atoms with E-state index in [1.54, 1.807) is 24.3 Å². The molecule has 2 saturated heterocycles. The molecular formula is C54H64N10O10. The van der Waals surface area contributed by atoms with E-state index in [9.17, 15) is 19.2 Å². The first-order chi connectivity index (χ1) is 36.3. The number of aromatic nitrogens is 4. The Labute approximate surface area is 430 Å². The molecule has 2 aliphatic heterocycles. The van der Waals surface area contributed by atoms with E-state index in [1.807, 2.05) is 60.7 Å². The summed E-state index contributed by atoms with van der Waals surface area (Å²) in [4.78, 5) is 70.5. The summed E-state index contributed by atoms with van der Waals surface area (Å²) in [6.45, 7) is 7.22. The number of hydrogen-bond donors (Lipinski definition) is 2. The number of urea groups is 2. The molecule has 0 atom stereocenters. The Balaban J connectivity index is 0.902. The van der Waals surface area contributed by atoms with Crippen LogP contribution in [0.5, 0.6) is 11.5 Å². The van der Waals surface area contributed by atoms with Gasteiger partial charge in [-0.2, -0.15) is 0 Å². The van der Waals surface area contributed by atoms with E-state index in [1.165, 1.54) is 24.3 Å². The molecule has 8 rings (SSSR count). The highest BCUT2D eigenvalue weighted by atomic mass is 16.8. The zero-order chi connectivity index (χ0) is 51.2. The highest BCUT2D eigenvalue weighted by Crippen LogP contribution is 2.26. The summed E-state index contributed by atoms with van der Waals surface area (Å²) in [5.74, 6) is -0.0739. The Hall–Kier alpha value is -7.84. The number of carbonyl (C=O) groups is 4. The number of rotatable bonds is 24. The quantitative estimate of drug-likeness (QED) is 0.0331. The minimum absolute atomic E-state index is 0.106. The van der Waals surface area contributed by atoms with Crippen molar-refractivity contribution in [3.63, 3.8) is 0 Å². The molecule has 2 N–H and O–H groups in total. The number of amides is 4. The first-order valence-corrected chi connectivity index (χ1v) is 25.6. The number of anilines is 2. The van der Waals surface area contributed by atoms with Crippen LogP contribution in [0.3, 0.4) is 0 Å². The van der Waals surface area contributed by atoms with Crippen LogP contribution in [-0.2, 0) is 32.1 Å². The summed E-state index contributed by atoms with van der Waals surface area (Å²) in [5, 5.41) is 23.7. The molecular weight excluding hydrogens is 949 g/mol. The van der Waals surface area contributed by atoms with Gasteiger partial charge in [-0.15, -0.1) is 30.5 Å². The number of nitrogens with one attached hydrogen (secondary N) is 2. The number of nitrogens with zero attached hydrogens (tertiary/aromatic N) is 8. The van der Waals surface area contributed by atoms with Crippen LogP contribution in [0, 0.1) is 0 Å². The lowest BCUT2D eigenvalue weighted by atomic mass is 10.2. The van der Waals surface area contributed by atoms with Crippen LogP contribution in [0.2, 0.25) is 0 Å². The third kappa shape index (κ3) is 16.1. The van der Waals surface area contributed by atoms with Crippen LogP contribution in [0.1, 0.15) is 76.0 Å². The summed E-state index contributed by atoms with van der Waals surface area (Å²) in [6, 6.07) is 30.2. The van der Waals surface area contributed by atoms with Gasteiger partial charge in [-0.3, -0.25) is 0 Å². The molecule has 390 valence electrons. The standard InChI is InChI=1S/C54H64N10O10/c65-51(73-63(53(67)55-31-15-37-61-33-9-10-34-61)43-27-23-41(24-28-43)49-59-57-47(71-49)21-7-13-39-69-45-17-3-1-4-18-45)52(66)74-64(54(68)56-32-16-38-62-35-11-12-36-62)44-29-25-42(26-30-44)50-60-58-48(72-50)22-8-14-40-70-46-19-5-2-6-20-46/h1-6,17-20,23-30H,7-16,21-22,31-40H2,(H,55,67)(H,56,68). The molecule has 20 nitrogen and oxygen atoms in total. The summed E-state index contributed by atoms with van der Waals surface area (Å²) in [5.41, 5.74) is 1.30. The molecule has 20 heteroatoms. The van der Waals surface area contributed by atoms with Gasteiger partial charge in [0.05, 0.1) is 24.6 Å². The van der Waals surface area contributed by atoms with Gasteiger partial charge >= 0.3 is 24.0 Å². The second-order valence-electron chi connectivity index (χ2n) is 17.9. The lowest BCUT2D eigenvalue weighted by Crippen LogP contribution is -2.46. The largest absolute Gasteiger partial charge is 0.494 e. The molecule has 0 aliphatic carbocycles. The van der Waals surface area contributed by atoms with Crippen molar-refractivity contribution in [3.05, 3.63) is 121 Å². The van der Waals surface area contributed by atoms with Gasteiger partial charge in [0, 0.05) is 37.1 Å². The first-order valence-electron chi connectivity index (χ1n) is 25.6. The van der Waals surface area contributed by atoms with Crippen LogP contribution in [0.25, 0.3) is 22.9 Å². The molecule has 4 amide bonds. The second-order valence-corrected chi connectivity index (χ2v) is 17.9. The Morgan fingerprint density at radius 3 is 1.27 bits per heavy atom. The van der Waals surface area contributed by atoms with E-state index < -0.39 is 24.0 Å². The highest BCUT2D eigenvalue weighted by molar-refractivity contribution is 6.30. The van der Waals surface area contributed by atoms with E-state index in [-0.39, 0.29) is 36.2 Å². The van der Waals surface area contributed by atoms with Crippen molar-refractivity contribution in [2.24, 2.45) is 0 Å². The third-order valence-corrected chi connectivity index (χ3v) is 12.4. The number of unbranched alkanes of at least 4 members (excludes halogenated alkanes) is 2. The number of hydroxylamine groups is 2. The highest BCUT2D eigenvalue weighted by Gasteiger charge is 2.31. The molecule has 0 spiro atoms. The van der Waals surface area contributed by atoms with E-state index in [4.69, 9.17) is 28.0 Å². The van der Waals surface area contributed by atoms with Gasteiger partial charge in [0.15, 0.2) is 0 Å². The van der Waals surface area contributed by atoms with Gasteiger partial charge in [0.2, 0.25) is 23.6 Å². The Bertz CT molecular complexity index is 2470. The maximum absolute atomic E-state index is 13.8. The first kappa shape index (κ1) is 52.5. The topological polar surface area (TPSA) is 220 Å². The third-order valence-electron chi connectivity index (χ3n) is 12.4. The molecule has 2 aliphatic rings. The molecule has 0 bridgehead atoms. The molecule has 2 fully saturated rings. The number of para-hydroxylation sites is 2. The van der Waals surface area contributed by atoms with E-state index in [0.717, 1.165) is 102 Å². The van der Waals surface area contributed by atoms with Gasteiger partial charge < -0.3 is 48.4 Å². The Morgan fingerprint density at radius 1 is 0.486 bits per heavy atom. The normalized spacial score (nSPS) is 13.6. The van der Waals surface area contributed by atoms with Crippen molar-refractivity contribution in [3.8, 4) is 34.4 Å². The van der Waals surface area contributed by atoms with Crippen molar-refractivity contribution in [2.45, 2.75) is 77.0 Å². The smallest absolute Gasteiger partial charge is 0.444 e. The molecule has 4 heterocycles. The summed E-state index contributed by atoms with van der Waals surface area (Å²) in [6.07, 6.45) is 10.1. The summed E-state index contributed by atoms with van der Waals surface area (Å²) in [7, 11) is 0. The fourth-order valence-electron chi connectivity index (χ4n) is 8.41. The molecule has 2 aromatic heterocycles. The monoisotopic (exact) mass is 1010 g/mol. The number of benzene rings is 4. The van der Waals surface area contributed by atoms with Crippen LogP contribution in [-0.4, -0.2) is 120 Å². The molecule has 0 unspecified atom stereocenters. The van der Waals surface area contributed by atoms with Crippen LogP contribution >= 0.6 is 0 Å². The fourth-order valence-corrected chi connectivity index (χ4v) is 8.41. The lowest BCUT2D eigenvalue weighted by molar-refractivity contribution is -0.168. The van der Waals surface area contributed by atoms with Gasteiger partial charge in [0.1, 0.15) is 11.5 Å². The average molecular weight is 1010 g/mol. The number of hydrogen-bond acceptors (Lipinski definition) is 16. The zero-order valence-electron chi connectivity index (χ0n) is 41.6.